The fraction of sp³-hybridized carbons (Fsp3) is 0.471. The van der Waals surface area contributed by atoms with Gasteiger partial charge in [0, 0.05) is 17.8 Å². The van der Waals surface area contributed by atoms with Gasteiger partial charge >= 0.3 is 11.9 Å². The number of benzene rings is 2. The molecular weight excluding hydrogens is 516 g/mol. The maximum atomic E-state index is 13.7. The summed E-state index contributed by atoms with van der Waals surface area (Å²) < 4.78 is 18.2. The molecule has 214 valence electrons. The van der Waals surface area contributed by atoms with Crippen LogP contribution in [0.1, 0.15) is 70.9 Å². The number of fused-ring (bicyclic) bond motifs is 1. The van der Waals surface area contributed by atoms with E-state index in [9.17, 15) is 9.59 Å². The van der Waals surface area contributed by atoms with Crippen molar-refractivity contribution in [2.45, 2.75) is 76.4 Å². The van der Waals surface area contributed by atoms with Crippen LogP contribution in [0.4, 0.5) is 0 Å². The Morgan fingerprint density at radius 3 is 1.68 bits per heavy atom. The number of allylic oxidation sites excluding steroid dienone is 3. The average Bonchev–Trinajstić information content (AvgIpc) is 3.31. The van der Waals surface area contributed by atoms with Gasteiger partial charge in [0.2, 0.25) is 0 Å². The molecule has 0 amide bonds. The van der Waals surface area contributed by atoms with E-state index in [0.717, 1.165) is 22.5 Å². The van der Waals surface area contributed by atoms with Crippen molar-refractivity contribution < 1.29 is 23.5 Å². The number of methoxy groups -OCH3 is 2. The van der Waals surface area contributed by atoms with E-state index >= 15 is 0 Å². The summed E-state index contributed by atoms with van der Waals surface area (Å²) in [6.45, 7) is 13.7. The second-order valence-corrected chi connectivity index (χ2v) is 17.5. The standard InChI is InChI=1S/C34H44O5Si/c1-22(2)40(23(3)4,24(5)6)39-29-20-27(25-15-11-9-12-16-25)19-28-21-34(32(35)37-7,33(36)38-8)31(30(28)29)26-17-13-10-14-18-26/h9-20,22-24,27,30-31H,21H2,1-8H3/t27-,30-,31-/m1/s1. The number of rotatable bonds is 9. The van der Waals surface area contributed by atoms with Gasteiger partial charge in [-0.05, 0) is 40.2 Å². The first-order valence-corrected chi connectivity index (χ1v) is 16.6. The molecule has 0 saturated heterocycles. The Labute approximate surface area is 240 Å². The van der Waals surface area contributed by atoms with Gasteiger partial charge in [0.05, 0.1) is 20.0 Å². The smallest absolute Gasteiger partial charge is 0.324 e. The zero-order chi connectivity index (χ0) is 29.2. The Morgan fingerprint density at radius 2 is 1.23 bits per heavy atom. The van der Waals surface area contributed by atoms with Crippen LogP contribution >= 0.6 is 0 Å². The van der Waals surface area contributed by atoms with E-state index < -0.39 is 31.6 Å². The van der Waals surface area contributed by atoms with Crippen molar-refractivity contribution in [2.24, 2.45) is 11.3 Å². The number of carbonyl (C=O) groups excluding carboxylic acids is 2. The molecule has 0 spiro atoms. The van der Waals surface area contributed by atoms with E-state index in [1.54, 1.807) is 0 Å². The molecule has 1 fully saturated rings. The van der Waals surface area contributed by atoms with E-state index in [2.05, 4.69) is 65.8 Å². The van der Waals surface area contributed by atoms with E-state index in [1.165, 1.54) is 14.2 Å². The summed E-state index contributed by atoms with van der Waals surface area (Å²) in [6, 6.07) is 20.2. The lowest BCUT2D eigenvalue weighted by atomic mass is 9.70. The molecule has 5 nitrogen and oxygen atoms in total. The second kappa shape index (κ2) is 11.8. The van der Waals surface area contributed by atoms with E-state index in [-0.39, 0.29) is 18.3 Å². The molecule has 2 aromatic rings. The van der Waals surface area contributed by atoms with Crippen molar-refractivity contribution >= 4 is 20.3 Å². The van der Waals surface area contributed by atoms with Crippen LogP contribution in [0.15, 0.2) is 84.1 Å². The maximum Gasteiger partial charge on any atom is 0.324 e. The third-order valence-corrected chi connectivity index (χ3v) is 15.2. The normalized spacial score (nSPS) is 22.0. The summed E-state index contributed by atoms with van der Waals surface area (Å²) in [6.07, 6.45) is 4.68. The minimum atomic E-state index is -2.38. The van der Waals surface area contributed by atoms with Gasteiger partial charge in [0.1, 0.15) is 0 Å². The number of esters is 2. The number of carbonyl (C=O) groups is 2. The van der Waals surface area contributed by atoms with Crippen LogP contribution in [0.3, 0.4) is 0 Å². The first kappa shape index (κ1) is 29.8. The average molecular weight is 561 g/mol. The molecule has 2 aromatic carbocycles. The minimum Gasteiger partial charge on any atom is -0.545 e. The van der Waals surface area contributed by atoms with Gasteiger partial charge in [0.25, 0.3) is 8.32 Å². The van der Waals surface area contributed by atoms with Crippen LogP contribution in [0, 0.1) is 11.3 Å². The molecule has 2 aliphatic rings. The molecular formula is C34H44O5Si. The van der Waals surface area contributed by atoms with E-state index in [4.69, 9.17) is 13.9 Å². The Bertz CT molecular complexity index is 1220. The molecule has 40 heavy (non-hydrogen) atoms. The van der Waals surface area contributed by atoms with Gasteiger partial charge in [-0.3, -0.25) is 9.59 Å². The minimum absolute atomic E-state index is 0.0387. The summed E-state index contributed by atoms with van der Waals surface area (Å²) in [5.41, 5.74) is 2.62. The van der Waals surface area contributed by atoms with Crippen LogP contribution in [-0.2, 0) is 23.5 Å². The molecule has 1 saturated carbocycles. The van der Waals surface area contributed by atoms with Crippen LogP contribution in [-0.4, -0.2) is 34.5 Å². The lowest BCUT2D eigenvalue weighted by Crippen LogP contribution is -2.49. The lowest BCUT2D eigenvalue weighted by molar-refractivity contribution is -0.170. The summed E-state index contributed by atoms with van der Waals surface area (Å²) in [7, 11) is 0.313. The highest BCUT2D eigenvalue weighted by atomic mass is 28.4. The van der Waals surface area contributed by atoms with Crippen molar-refractivity contribution in [3.63, 3.8) is 0 Å². The number of hydrogen-bond donors (Lipinski definition) is 0. The van der Waals surface area contributed by atoms with Crippen molar-refractivity contribution in [3.8, 4) is 0 Å². The Morgan fingerprint density at radius 1 is 0.750 bits per heavy atom. The molecule has 0 aromatic heterocycles. The van der Waals surface area contributed by atoms with E-state index in [0.29, 0.717) is 16.6 Å². The topological polar surface area (TPSA) is 61.8 Å². The van der Waals surface area contributed by atoms with Crippen molar-refractivity contribution in [1.82, 2.24) is 0 Å². The van der Waals surface area contributed by atoms with Gasteiger partial charge in [-0.25, -0.2) is 0 Å². The van der Waals surface area contributed by atoms with Crippen molar-refractivity contribution in [3.05, 3.63) is 95.3 Å². The quantitative estimate of drug-likeness (QED) is 0.135. The highest BCUT2D eigenvalue weighted by molar-refractivity contribution is 6.77. The van der Waals surface area contributed by atoms with Gasteiger partial charge < -0.3 is 13.9 Å². The second-order valence-electron chi connectivity index (χ2n) is 12.2. The Balaban J connectivity index is 2.01. The van der Waals surface area contributed by atoms with Crippen LogP contribution < -0.4 is 0 Å². The molecule has 0 radical (unpaired) electrons. The van der Waals surface area contributed by atoms with Crippen LogP contribution in [0.2, 0.25) is 16.6 Å². The SMILES string of the molecule is COC(=O)C1(C(=O)OC)CC2=C[C@@H](c3ccccc3)C=C(O[Si](C(C)C)(C(C)C)C(C)C)[C@@H]2[C@H]1c1ccccc1. The lowest BCUT2D eigenvalue weighted by Gasteiger charge is -2.45. The fourth-order valence-corrected chi connectivity index (χ4v) is 12.9. The van der Waals surface area contributed by atoms with Gasteiger partial charge in [-0.2, -0.15) is 0 Å². The predicted molar refractivity (Wildman–Crippen MR) is 161 cm³/mol. The summed E-state index contributed by atoms with van der Waals surface area (Å²) in [5.74, 6) is -1.12. The Hall–Kier alpha value is -3.12. The molecule has 2 aliphatic carbocycles. The molecule has 0 heterocycles. The van der Waals surface area contributed by atoms with Gasteiger partial charge in [0.15, 0.2) is 5.41 Å². The highest BCUT2D eigenvalue weighted by Gasteiger charge is 2.65. The Kier molecular flexibility index (Phi) is 8.79. The van der Waals surface area contributed by atoms with Crippen molar-refractivity contribution in [1.29, 1.82) is 0 Å². The van der Waals surface area contributed by atoms with Gasteiger partial charge in [-0.15, -0.1) is 0 Å². The van der Waals surface area contributed by atoms with Crippen LogP contribution in [0.25, 0.3) is 0 Å². The van der Waals surface area contributed by atoms with Crippen LogP contribution in [0.5, 0.6) is 0 Å². The summed E-state index contributed by atoms with van der Waals surface area (Å²) in [4.78, 5) is 27.5. The molecule has 0 bridgehead atoms. The largest absolute Gasteiger partial charge is 0.545 e. The first-order valence-electron chi connectivity index (χ1n) is 14.4. The van der Waals surface area contributed by atoms with Crippen molar-refractivity contribution in [2.75, 3.05) is 14.2 Å². The molecule has 4 rings (SSSR count). The molecule has 0 aliphatic heterocycles. The molecule has 6 heteroatoms. The first-order chi connectivity index (χ1) is 19.0. The molecule has 0 N–H and O–H groups in total. The monoisotopic (exact) mass is 560 g/mol. The number of hydrogen-bond acceptors (Lipinski definition) is 5. The fourth-order valence-electron chi connectivity index (χ4n) is 7.62. The predicted octanol–water partition coefficient (Wildman–Crippen LogP) is 7.92. The maximum absolute atomic E-state index is 13.7. The highest BCUT2D eigenvalue weighted by Crippen LogP contribution is 2.62. The summed E-state index contributed by atoms with van der Waals surface area (Å²) in [5, 5.41) is 0. The zero-order valence-electron chi connectivity index (χ0n) is 25.1. The molecule has 0 unspecified atom stereocenters. The summed E-state index contributed by atoms with van der Waals surface area (Å²) >= 11 is 0. The molecule has 3 atom stereocenters. The third-order valence-electron chi connectivity index (χ3n) is 9.23. The zero-order valence-corrected chi connectivity index (χ0v) is 26.1. The third kappa shape index (κ3) is 4.85. The van der Waals surface area contributed by atoms with Gasteiger partial charge in [-0.1, -0.05) is 114 Å². The number of ether oxygens (including phenoxy) is 2. The van der Waals surface area contributed by atoms with E-state index in [1.807, 2.05) is 48.5 Å².